The van der Waals surface area contributed by atoms with Gasteiger partial charge in [-0.15, -0.1) is 0 Å². The van der Waals surface area contributed by atoms with Crippen LogP contribution in [0.3, 0.4) is 0 Å². The molecule has 2 N–H and O–H groups in total. The fourth-order valence-electron chi connectivity index (χ4n) is 4.93. The number of aromatic nitrogens is 2. The molecule has 0 amide bonds. The van der Waals surface area contributed by atoms with Crippen LogP contribution in [-0.4, -0.2) is 35.5 Å². The Morgan fingerprint density at radius 3 is 2.67 bits per heavy atom. The number of aryl methyl sites for hydroxylation is 1. The van der Waals surface area contributed by atoms with Gasteiger partial charge in [-0.05, 0) is 68.5 Å². The van der Waals surface area contributed by atoms with Gasteiger partial charge in [0.2, 0.25) is 0 Å². The summed E-state index contributed by atoms with van der Waals surface area (Å²) >= 11 is 0. The molecule has 2 heterocycles. The van der Waals surface area contributed by atoms with Crippen LogP contribution in [0.4, 0.5) is 0 Å². The Kier molecular flexibility index (Phi) is 6.25. The van der Waals surface area contributed by atoms with Crippen LogP contribution in [0, 0.1) is 0 Å². The van der Waals surface area contributed by atoms with Crippen molar-refractivity contribution in [1.29, 1.82) is 0 Å². The third-order valence-electron chi connectivity index (χ3n) is 6.54. The van der Waals surface area contributed by atoms with Gasteiger partial charge in [0.25, 0.3) is 0 Å². The quantitative estimate of drug-likeness (QED) is 0.787. The molecule has 4 rings (SSSR count). The van der Waals surface area contributed by atoms with E-state index in [4.69, 9.17) is 4.74 Å². The molecule has 146 valence electrons. The molecule has 1 aromatic carbocycles. The maximum absolute atomic E-state index is 6.41. The molecule has 0 radical (unpaired) electrons. The molecule has 1 aliphatic carbocycles. The molecule has 1 aromatic heterocycles. The Morgan fingerprint density at radius 1 is 1.07 bits per heavy atom. The number of benzene rings is 1. The van der Waals surface area contributed by atoms with Gasteiger partial charge >= 0.3 is 0 Å². The molecule has 1 saturated carbocycles. The number of hydrogen-bond donors (Lipinski definition) is 2. The van der Waals surface area contributed by atoms with Crippen LogP contribution in [-0.2, 0) is 11.2 Å². The lowest BCUT2D eigenvalue weighted by atomic mass is 9.82. The van der Waals surface area contributed by atoms with Gasteiger partial charge in [-0.25, -0.2) is 0 Å². The lowest BCUT2D eigenvalue weighted by Gasteiger charge is -2.35. The second-order valence-corrected chi connectivity index (χ2v) is 8.19. The van der Waals surface area contributed by atoms with Gasteiger partial charge in [-0.1, -0.05) is 37.3 Å². The van der Waals surface area contributed by atoms with Crippen LogP contribution in [0.25, 0.3) is 0 Å². The molecule has 2 aromatic rings. The first-order valence-corrected chi connectivity index (χ1v) is 10.8. The maximum atomic E-state index is 6.41. The number of hydrogen-bond acceptors (Lipinski definition) is 3. The molecule has 4 nitrogen and oxygen atoms in total. The Labute approximate surface area is 163 Å². The second kappa shape index (κ2) is 9.03. The van der Waals surface area contributed by atoms with E-state index in [0.717, 1.165) is 19.6 Å². The van der Waals surface area contributed by atoms with E-state index in [1.54, 1.807) is 0 Å². The predicted molar refractivity (Wildman–Crippen MR) is 109 cm³/mol. The average molecular weight is 368 g/mol. The highest BCUT2D eigenvalue weighted by molar-refractivity contribution is 5.23. The first kappa shape index (κ1) is 18.7. The first-order valence-electron chi connectivity index (χ1n) is 10.8. The number of nitrogens with one attached hydrogen (secondary N) is 2. The Balaban J connectivity index is 1.30. The van der Waals surface area contributed by atoms with Gasteiger partial charge in [-0.2, -0.15) is 5.10 Å². The molecule has 1 saturated heterocycles. The van der Waals surface area contributed by atoms with Crippen LogP contribution in [0.15, 0.2) is 36.5 Å². The van der Waals surface area contributed by atoms with Crippen molar-refractivity contribution in [1.82, 2.24) is 15.5 Å². The van der Waals surface area contributed by atoms with E-state index in [2.05, 4.69) is 52.8 Å². The third kappa shape index (κ3) is 4.44. The second-order valence-electron chi connectivity index (χ2n) is 8.19. The van der Waals surface area contributed by atoms with Crippen molar-refractivity contribution in [2.75, 3.05) is 13.2 Å². The molecule has 27 heavy (non-hydrogen) atoms. The van der Waals surface area contributed by atoms with E-state index < -0.39 is 0 Å². The Bertz CT molecular complexity index is 691. The number of ether oxygens (including phenoxy) is 1. The number of rotatable bonds is 6. The average Bonchev–Trinajstić information content (AvgIpc) is 3.22. The number of aromatic amines is 1. The van der Waals surface area contributed by atoms with Crippen molar-refractivity contribution >= 4 is 0 Å². The van der Waals surface area contributed by atoms with E-state index >= 15 is 0 Å². The molecule has 0 bridgehead atoms. The van der Waals surface area contributed by atoms with Crippen LogP contribution in [0.5, 0.6) is 0 Å². The lowest BCUT2D eigenvalue weighted by molar-refractivity contribution is 0.00540. The zero-order valence-electron chi connectivity index (χ0n) is 16.5. The number of H-pyrrole nitrogens is 1. The maximum Gasteiger partial charge on any atom is 0.0629 e. The minimum absolute atomic E-state index is 0.399. The van der Waals surface area contributed by atoms with E-state index in [-0.39, 0.29) is 0 Å². The van der Waals surface area contributed by atoms with Gasteiger partial charge in [0, 0.05) is 17.7 Å². The smallest absolute Gasteiger partial charge is 0.0629 e. The van der Waals surface area contributed by atoms with Crippen LogP contribution < -0.4 is 5.32 Å². The van der Waals surface area contributed by atoms with Gasteiger partial charge in [0.15, 0.2) is 0 Å². The highest BCUT2D eigenvalue weighted by Crippen LogP contribution is 2.35. The Morgan fingerprint density at radius 2 is 1.89 bits per heavy atom. The third-order valence-corrected chi connectivity index (χ3v) is 6.54. The van der Waals surface area contributed by atoms with E-state index in [0.29, 0.717) is 24.0 Å². The summed E-state index contributed by atoms with van der Waals surface area (Å²) in [6, 6.07) is 11.4. The summed E-state index contributed by atoms with van der Waals surface area (Å²) in [7, 11) is 0. The van der Waals surface area contributed by atoms with E-state index in [1.807, 2.05) is 6.20 Å². The molecular formula is C23H33N3O. The largest absolute Gasteiger partial charge is 0.377 e. The van der Waals surface area contributed by atoms with E-state index in [1.165, 1.54) is 55.3 Å². The lowest BCUT2D eigenvalue weighted by Crippen LogP contribution is -2.44. The molecule has 0 unspecified atom stereocenters. The van der Waals surface area contributed by atoms with Crippen molar-refractivity contribution in [2.24, 2.45) is 0 Å². The SMILES string of the molecule is CCc1cn[nH]c1[C@H]1CCCN[C@H]1COC1CCC(c2ccccc2)CC1. The zero-order chi connectivity index (χ0) is 18.5. The topological polar surface area (TPSA) is 49.9 Å². The zero-order valence-corrected chi connectivity index (χ0v) is 16.5. The Hall–Kier alpha value is -1.65. The highest BCUT2D eigenvalue weighted by atomic mass is 16.5. The van der Waals surface area contributed by atoms with Crippen molar-refractivity contribution in [3.05, 3.63) is 53.3 Å². The van der Waals surface area contributed by atoms with Gasteiger partial charge in [0.1, 0.15) is 0 Å². The molecule has 2 fully saturated rings. The van der Waals surface area contributed by atoms with Crippen LogP contribution >= 0.6 is 0 Å². The molecule has 2 aliphatic rings. The fraction of sp³-hybridized carbons (Fsp3) is 0.609. The van der Waals surface area contributed by atoms with Crippen molar-refractivity contribution < 1.29 is 4.74 Å². The minimum atomic E-state index is 0.399. The van der Waals surface area contributed by atoms with Gasteiger partial charge in [-0.3, -0.25) is 5.10 Å². The van der Waals surface area contributed by atoms with Crippen molar-refractivity contribution in [3.63, 3.8) is 0 Å². The number of nitrogens with zero attached hydrogens (tertiary/aromatic N) is 1. The van der Waals surface area contributed by atoms with Crippen LogP contribution in [0.1, 0.15) is 74.1 Å². The van der Waals surface area contributed by atoms with Crippen molar-refractivity contribution in [2.45, 2.75) is 75.9 Å². The predicted octanol–water partition coefficient (Wildman–Crippen LogP) is 4.55. The summed E-state index contributed by atoms with van der Waals surface area (Å²) in [5.41, 5.74) is 4.18. The van der Waals surface area contributed by atoms with Crippen LogP contribution in [0.2, 0.25) is 0 Å². The highest BCUT2D eigenvalue weighted by Gasteiger charge is 2.30. The molecule has 4 heteroatoms. The molecular weight excluding hydrogens is 334 g/mol. The molecule has 0 spiro atoms. The standard InChI is InChI=1S/C23H33N3O/c1-2-17-15-25-26-23(17)21-9-6-14-24-22(21)16-27-20-12-10-19(11-13-20)18-7-4-3-5-8-18/h3-5,7-8,15,19-22,24H,2,6,9-14,16H2,1H3,(H,25,26)/t19?,20?,21-,22-/m0/s1. The fourth-order valence-corrected chi connectivity index (χ4v) is 4.93. The molecule has 1 aliphatic heterocycles. The van der Waals surface area contributed by atoms with E-state index in [9.17, 15) is 0 Å². The van der Waals surface area contributed by atoms with Crippen molar-refractivity contribution in [3.8, 4) is 0 Å². The van der Waals surface area contributed by atoms with Gasteiger partial charge in [0.05, 0.1) is 18.9 Å². The summed E-state index contributed by atoms with van der Waals surface area (Å²) in [6.45, 7) is 4.12. The summed E-state index contributed by atoms with van der Waals surface area (Å²) in [5.74, 6) is 1.21. The summed E-state index contributed by atoms with van der Waals surface area (Å²) in [6.07, 6.45) is 10.8. The summed E-state index contributed by atoms with van der Waals surface area (Å²) in [5, 5.41) is 11.3. The van der Waals surface area contributed by atoms with Gasteiger partial charge < -0.3 is 10.1 Å². The summed E-state index contributed by atoms with van der Waals surface area (Å²) < 4.78 is 6.41. The number of piperidine rings is 1. The normalized spacial score (nSPS) is 28.9. The minimum Gasteiger partial charge on any atom is -0.377 e. The monoisotopic (exact) mass is 367 g/mol. The molecule has 2 atom stereocenters. The first-order chi connectivity index (χ1) is 13.3. The summed E-state index contributed by atoms with van der Waals surface area (Å²) in [4.78, 5) is 0.